The van der Waals surface area contributed by atoms with Crippen molar-refractivity contribution >= 4 is 0 Å². The molecule has 3 aliphatic carbocycles. The van der Waals surface area contributed by atoms with Crippen molar-refractivity contribution in [1.29, 1.82) is 0 Å². The maximum Gasteiger partial charge on any atom is 0.123 e. The lowest BCUT2D eigenvalue weighted by molar-refractivity contribution is 0.124. The molecular weight excluding hydrogens is 227 g/mol. The fourth-order valence-corrected chi connectivity index (χ4v) is 3.62. The topological polar surface area (TPSA) is 20.2 Å². The molecule has 2 heteroatoms. The van der Waals surface area contributed by atoms with Crippen LogP contribution in [0.2, 0.25) is 0 Å². The molecule has 0 radical (unpaired) electrons. The summed E-state index contributed by atoms with van der Waals surface area (Å²) in [5.41, 5.74) is 4.62. The Morgan fingerprint density at radius 1 is 0.944 bits per heavy atom. The lowest BCUT2D eigenvalue weighted by Gasteiger charge is -2.43. The Morgan fingerprint density at radius 3 is 2.50 bits per heavy atom. The Morgan fingerprint density at radius 2 is 1.67 bits per heavy atom. The van der Waals surface area contributed by atoms with E-state index < -0.39 is 0 Å². The second-order valence-corrected chi connectivity index (χ2v) is 5.24. The Labute approximate surface area is 105 Å². The van der Waals surface area contributed by atoms with Crippen molar-refractivity contribution in [2.24, 2.45) is 0 Å². The molecule has 18 heavy (non-hydrogen) atoms. The summed E-state index contributed by atoms with van der Waals surface area (Å²) in [4.78, 5) is 0. The first kappa shape index (κ1) is 10.3. The van der Waals surface area contributed by atoms with Crippen LogP contribution in [0.5, 0.6) is 0 Å². The fraction of sp³-hybridized carbons (Fsp3) is 0.250. The summed E-state index contributed by atoms with van der Waals surface area (Å²) in [7, 11) is 0. The lowest BCUT2D eigenvalue weighted by Crippen LogP contribution is -2.35. The number of rotatable bonds is 0. The SMILES string of the molecule is O[C@@H]1C[C@H]2c3ccccc3[C@@H]1c1cc(F)ccc12. The van der Waals surface area contributed by atoms with Crippen LogP contribution in [-0.4, -0.2) is 11.2 Å². The molecule has 3 atom stereocenters. The Bertz CT molecular complexity index is 635. The maximum atomic E-state index is 13.4. The molecule has 0 unspecified atom stereocenters. The Hall–Kier alpha value is -1.67. The predicted molar refractivity (Wildman–Crippen MR) is 67.2 cm³/mol. The van der Waals surface area contributed by atoms with Crippen molar-refractivity contribution in [2.45, 2.75) is 24.4 Å². The van der Waals surface area contributed by atoms with E-state index in [0.29, 0.717) is 0 Å². The van der Waals surface area contributed by atoms with Gasteiger partial charge in [-0.25, -0.2) is 4.39 Å². The molecule has 0 aromatic heterocycles. The summed E-state index contributed by atoms with van der Waals surface area (Å²) in [5, 5.41) is 10.3. The summed E-state index contributed by atoms with van der Waals surface area (Å²) in [6, 6.07) is 13.2. The molecular formula is C16H13FO. The van der Waals surface area contributed by atoms with Crippen molar-refractivity contribution in [1.82, 2.24) is 0 Å². The number of hydrogen-bond donors (Lipinski definition) is 1. The number of hydrogen-bond acceptors (Lipinski definition) is 1. The number of benzene rings is 2. The van der Waals surface area contributed by atoms with Gasteiger partial charge >= 0.3 is 0 Å². The highest BCUT2D eigenvalue weighted by atomic mass is 19.1. The van der Waals surface area contributed by atoms with Crippen LogP contribution in [0.1, 0.15) is 40.5 Å². The molecule has 2 bridgehead atoms. The summed E-state index contributed by atoms with van der Waals surface area (Å²) >= 11 is 0. The highest BCUT2D eigenvalue weighted by Gasteiger charge is 2.42. The molecule has 3 aliphatic rings. The van der Waals surface area contributed by atoms with Gasteiger partial charge in [0.2, 0.25) is 0 Å². The van der Waals surface area contributed by atoms with Gasteiger partial charge in [-0.15, -0.1) is 0 Å². The van der Waals surface area contributed by atoms with E-state index in [1.807, 2.05) is 18.2 Å². The number of fused-ring (bicyclic) bond motifs is 1. The minimum atomic E-state index is -0.390. The van der Waals surface area contributed by atoms with Crippen LogP contribution in [0.3, 0.4) is 0 Å². The average molecular weight is 240 g/mol. The standard InChI is InChI=1S/C16H13FO/c17-9-5-6-11-13-8-15(18)16(14(11)7-9)12-4-2-1-3-10(12)13/h1-7,13,15-16,18H,8H2/t13-,15+,16+/m0/s1. The molecule has 1 N–H and O–H groups in total. The van der Waals surface area contributed by atoms with Crippen molar-refractivity contribution in [3.63, 3.8) is 0 Å². The quantitative estimate of drug-likeness (QED) is 0.750. The van der Waals surface area contributed by atoms with Gasteiger partial charge in [0, 0.05) is 11.8 Å². The van der Waals surface area contributed by atoms with Gasteiger partial charge in [-0.3, -0.25) is 0 Å². The van der Waals surface area contributed by atoms with E-state index in [2.05, 4.69) is 12.1 Å². The second kappa shape index (κ2) is 3.42. The van der Waals surface area contributed by atoms with Crippen molar-refractivity contribution < 1.29 is 9.50 Å². The van der Waals surface area contributed by atoms with Crippen LogP contribution >= 0.6 is 0 Å². The first-order valence-corrected chi connectivity index (χ1v) is 6.32. The lowest BCUT2D eigenvalue weighted by atomic mass is 9.62. The number of aliphatic hydroxyl groups is 1. The van der Waals surface area contributed by atoms with Crippen LogP contribution in [-0.2, 0) is 0 Å². The first-order chi connectivity index (χ1) is 8.75. The minimum absolute atomic E-state index is 0.0584. The second-order valence-electron chi connectivity index (χ2n) is 5.24. The van der Waals surface area contributed by atoms with Gasteiger partial charge in [0.25, 0.3) is 0 Å². The molecule has 2 aromatic carbocycles. The van der Waals surface area contributed by atoms with Gasteiger partial charge in [-0.2, -0.15) is 0 Å². The van der Waals surface area contributed by atoms with Gasteiger partial charge in [-0.05, 0) is 40.8 Å². The predicted octanol–water partition coefficient (Wildman–Crippen LogP) is 3.17. The largest absolute Gasteiger partial charge is 0.392 e. The zero-order chi connectivity index (χ0) is 12.3. The molecule has 0 saturated carbocycles. The van der Waals surface area contributed by atoms with E-state index in [9.17, 15) is 9.50 Å². The first-order valence-electron chi connectivity index (χ1n) is 6.32. The minimum Gasteiger partial charge on any atom is -0.392 e. The van der Waals surface area contributed by atoms with E-state index >= 15 is 0 Å². The van der Waals surface area contributed by atoms with Crippen molar-refractivity contribution in [3.8, 4) is 0 Å². The van der Waals surface area contributed by atoms with Crippen LogP contribution < -0.4 is 0 Å². The van der Waals surface area contributed by atoms with E-state index in [1.165, 1.54) is 22.8 Å². The smallest absolute Gasteiger partial charge is 0.123 e. The van der Waals surface area contributed by atoms with Crippen LogP contribution in [0.25, 0.3) is 0 Å². The van der Waals surface area contributed by atoms with E-state index in [4.69, 9.17) is 0 Å². The average Bonchev–Trinajstić information content (AvgIpc) is 2.38. The molecule has 0 amide bonds. The van der Waals surface area contributed by atoms with Crippen LogP contribution in [0.15, 0.2) is 42.5 Å². The summed E-state index contributed by atoms with van der Waals surface area (Å²) in [6.07, 6.45) is 0.361. The number of aliphatic hydroxyl groups excluding tert-OH is 1. The molecule has 90 valence electrons. The molecule has 0 saturated heterocycles. The van der Waals surface area contributed by atoms with Gasteiger partial charge in [-0.1, -0.05) is 30.3 Å². The molecule has 1 nitrogen and oxygen atoms in total. The van der Waals surface area contributed by atoms with Gasteiger partial charge < -0.3 is 5.11 Å². The van der Waals surface area contributed by atoms with Crippen LogP contribution in [0, 0.1) is 5.82 Å². The molecule has 5 rings (SSSR count). The molecule has 0 fully saturated rings. The number of halogens is 1. The zero-order valence-corrected chi connectivity index (χ0v) is 9.81. The highest BCUT2D eigenvalue weighted by molar-refractivity contribution is 5.56. The summed E-state index contributed by atoms with van der Waals surface area (Å²) in [5.74, 6) is -0.0559. The summed E-state index contributed by atoms with van der Waals surface area (Å²) in [6.45, 7) is 0. The maximum absolute atomic E-state index is 13.4. The van der Waals surface area contributed by atoms with Gasteiger partial charge in [0.1, 0.15) is 5.82 Å². The monoisotopic (exact) mass is 240 g/mol. The van der Waals surface area contributed by atoms with Crippen molar-refractivity contribution in [2.75, 3.05) is 0 Å². The highest BCUT2D eigenvalue weighted by Crippen LogP contribution is 2.52. The molecule has 0 spiro atoms. The zero-order valence-electron chi connectivity index (χ0n) is 9.81. The molecule has 2 aromatic rings. The third-order valence-corrected chi connectivity index (χ3v) is 4.33. The Balaban J connectivity index is 2.03. The Kier molecular flexibility index (Phi) is 1.95. The van der Waals surface area contributed by atoms with E-state index in [0.717, 1.165) is 12.0 Å². The van der Waals surface area contributed by atoms with E-state index in [1.54, 1.807) is 6.07 Å². The summed E-state index contributed by atoms with van der Waals surface area (Å²) < 4.78 is 13.4. The third-order valence-electron chi connectivity index (χ3n) is 4.33. The van der Waals surface area contributed by atoms with Gasteiger partial charge in [0.15, 0.2) is 0 Å². The van der Waals surface area contributed by atoms with E-state index in [-0.39, 0.29) is 23.8 Å². The molecule has 0 aliphatic heterocycles. The normalized spacial score (nSPS) is 27.8. The third kappa shape index (κ3) is 1.19. The molecule has 0 heterocycles. The van der Waals surface area contributed by atoms with Crippen LogP contribution in [0.4, 0.5) is 4.39 Å². The van der Waals surface area contributed by atoms with Crippen molar-refractivity contribution in [3.05, 3.63) is 70.5 Å². The van der Waals surface area contributed by atoms with Gasteiger partial charge in [0.05, 0.1) is 6.10 Å². The fourth-order valence-electron chi connectivity index (χ4n) is 3.62.